The Morgan fingerprint density at radius 1 is 1.53 bits per heavy atom. The van der Waals surface area contributed by atoms with Crippen LogP contribution in [0.5, 0.6) is 0 Å². The predicted molar refractivity (Wildman–Crippen MR) is 68.5 cm³/mol. The summed E-state index contributed by atoms with van der Waals surface area (Å²) in [6.45, 7) is 2.24. The van der Waals surface area contributed by atoms with E-state index < -0.39 is 4.92 Å². The zero-order chi connectivity index (χ0) is 13.8. The topological polar surface area (TPSA) is 120 Å². The highest BCUT2D eigenvalue weighted by Crippen LogP contribution is 2.19. The van der Waals surface area contributed by atoms with Crippen LogP contribution >= 0.6 is 0 Å². The second-order valence-corrected chi connectivity index (χ2v) is 3.82. The van der Waals surface area contributed by atoms with Gasteiger partial charge in [-0.05, 0) is 0 Å². The zero-order valence-corrected chi connectivity index (χ0v) is 10.3. The molecule has 8 nitrogen and oxygen atoms in total. The molecule has 2 aromatic rings. The third-order valence-electron chi connectivity index (χ3n) is 2.41. The molecule has 0 aliphatic carbocycles. The summed E-state index contributed by atoms with van der Waals surface area (Å²) in [5.41, 5.74) is 5.38. The summed E-state index contributed by atoms with van der Waals surface area (Å²) in [6, 6.07) is 2.51. The fraction of sp³-hybridized carbons (Fsp3) is 0.273. The van der Waals surface area contributed by atoms with Gasteiger partial charge in [0.1, 0.15) is 17.4 Å². The minimum atomic E-state index is -0.524. The highest BCUT2D eigenvalue weighted by atomic mass is 16.6. The maximum atomic E-state index is 10.7. The average Bonchev–Trinajstić information content (AvgIpc) is 2.83. The minimum Gasteiger partial charge on any atom is -0.444 e. The Kier molecular flexibility index (Phi) is 3.60. The van der Waals surface area contributed by atoms with Gasteiger partial charge in [-0.1, -0.05) is 6.92 Å². The van der Waals surface area contributed by atoms with Gasteiger partial charge in [-0.15, -0.1) is 0 Å². The first kappa shape index (κ1) is 12.8. The summed E-state index contributed by atoms with van der Waals surface area (Å²) in [4.78, 5) is 18.2. The molecule has 0 fully saturated rings. The van der Waals surface area contributed by atoms with Crippen molar-refractivity contribution in [3.8, 4) is 0 Å². The molecule has 0 radical (unpaired) electrons. The number of nitrogen functional groups attached to an aromatic ring is 1. The maximum Gasteiger partial charge on any atom is 0.276 e. The van der Waals surface area contributed by atoms with Gasteiger partial charge in [-0.25, -0.2) is 9.97 Å². The molecule has 0 aromatic carbocycles. The normalized spacial score (nSPS) is 10.4. The van der Waals surface area contributed by atoms with Gasteiger partial charge in [0.15, 0.2) is 0 Å². The van der Waals surface area contributed by atoms with Crippen LogP contribution in [-0.2, 0) is 13.0 Å². The molecule has 0 atom stereocenters. The van der Waals surface area contributed by atoms with Gasteiger partial charge in [0.05, 0.1) is 29.8 Å². The molecule has 3 N–H and O–H groups in total. The number of nitro groups is 1. The molecule has 2 aromatic heterocycles. The molecule has 2 heterocycles. The number of anilines is 2. The van der Waals surface area contributed by atoms with Gasteiger partial charge in [0.2, 0.25) is 5.89 Å². The lowest BCUT2D eigenvalue weighted by molar-refractivity contribution is -0.384. The van der Waals surface area contributed by atoms with Crippen LogP contribution in [0, 0.1) is 10.1 Å². The first-order valence-electron chi connectivity index (χ1n) is 5.68. The van der Waals surface area contributed by atoms with Crippen molar-refractivity contribution >= 4 is 17.3 Å². The van der Waals surface area contributed by atoms with Crippen molar-refractivity contribution in [3.63, 3.8) is 0 Å². The quantitative estimate of drug-likeness (QED) is 0.622. The van der Waals surface area contributed by atoms with Gasteiger partial charge in [0.25, 0.3) is 5.69 Å². The first-order valence-corrected chi connectivity index (χ1v) is 5.68. The summed E-state index contributed by atoms with van der Waals surface area (Å²) in [6.07, 6.45) is 2.40. The van der Waals surface area contributed by atoms with E-state index in [1.165, 1.54) is 12.1 Å². The molecule has 8 heteroatoms. The fourth-order valence-electron chi connectivity index (χ4n) is 1.49. The van der Waals surface area contributed by atoms with E-state index in [1.807, 2.05) is 6.92 Å². The van der Waals surface area contributed by atoms with Crippen LogP contribution in [0.3, 0.4) is 0 Å². The molecule has 0 amide bonds. The number of nitrogens with zero attached hydrogens (tertiary/aromatic N) is 3. The molecule has 0 bridgehead atoms. The third-order valence-corrected chi connectivity index (χ3v) is 2.41. The third kappa shape index (κ3) is 3.18. The monoisotopic (exact) mass is 263 g/mol. The minimum absolute atomic E-state index is 0.0818. The van der Waals surface area contributed by atoms with E-state index in [2.05, 4.69) is 15.3 Å². The summed E-state index contributed by atoms with van der Waals surface area (Å²) >= 11 is 0. The van der Waals surface area contributed by atoms with Crippen molar-refractivity contribution in [1.29, 1.82) is 0 Å². The van der Waals surface area contributed by atoms with Gasteiger partial charge in [-0.2, -0.15) is 0 Å². The Balaban J connectivity index is 2.08. The van der Waals surface area contributed by atoms with Crippen LogP contribution in [0.25, 0.3) is 0 Å². The predicted octanol–water partition coefficient (Wildman–Crippen LogP) is 1.73. The molecule has 0 saturated carbocycles. The molecule has 2 rings (SSSR count). The van der Waals surface area contributed by atoms with Crippen LogP contribution < -0.4 is 11.1 Å². The van der Waals surface area contributed by atoms with E-state index in [0.717, 1.165) is 12.2 Å². The molecule has 19 heavy (non-hydrogen) atoms. The van der Waals surface area contributed by atoms with Crippen LogP contribution in [0.4, 0.5) is 17.3 Å². The fourth-order valence-corrected chi connectivity index (χ4v) is 1.49. The first-order chi connectivity index (χ1) is 9.08. The largest absolute Gasteiger partial charge is 0.444 e. The Morgan fingerprint density at radius 2 is 2.32 bits per heavy atom. The summed E-state index contributed by atoms with van der Waals surface area (Å²) in [7, 11) is 0. The highest BCUT2D eigenvalue weighted by Gasteiger charge is 2.10. The van der Waals surface area contributed by atoms with E-state index in [4.69, 9.17) is 10.2 Å². The van der Waals surface area contributed by atoms with Crippen molar-refractivity contribution < 1.29 is 9.34 Å². The molecule has 0 spiro atoms. The SMILES string of the molecule is CCc1cnc(CNc2cc([N+](=O)[O-])cc(N)n2)o1. The lowest BCUT2D eigenvalue weighted by atomic mass is 10.3. The van der Waals surface area contributed by atoms with Crippen LogP contribution in [0.2, 0.25) is 0 Å². The molecule has 0 aliphatic heterocycles. The van der Waals surface area contributed by atoms with E-state index in [9.17, 15) is 10.1 Å². The van der Waals surface area contributed by atoms with Crippen molar-refractivity contribution in [2.75, 3.05) is 11.1 Å². The Hall–Kier alpha value is -2.64. The van der Waals surface area contributed by atoms with Gasteiger partial charge >= 0.3 is 0 Å². The lowest BCUT2D eigenvalue weighted by Gasteiger charge is -2.03. The number of aryl methyl sites for hydroxylation is 1. The van der Waals surface area contributed by atoms with Crippen LogP contribution in [0.15, 0.2) is 22.7 Å². The molecule has 100 valence electrons. The van der Waals surface area contributed by atoms with E-state index in [1.54, 1.807) is 6.20 Å². The summed E-state index contributed by atoms with van der Waals surface area (Å²) < 4.78 is 5.40. The number of nitrogens with two attached hydrogens (primary N) is 1. The average molecular weight is 263 g/mol. The molecule has 0 unspecified atom stereocenters. The standard InChI is InChI=1S/C11H13N5O3/c1-2-8-5-14-11(19-8)6-13-10-4-7(16(17)18)3-9(12)15-10/h3-5H,2,6H2,1H3,(H3,12,13,15). The van der Waals surface area contributed by atoms with E-state index >= 15 is 0 Å². The summed E-state index contributed by atoms with van der Waals surface area (Å²) in [5.74, 6) is 1.66. The molecular weight excluding hydrogens is 250 g/mol. The van der Waals surface area contributed by atoms with E-state index in [-0.39, 0.29) is 18.1 Å². The molecular formula is C11H13N5O3. The number of oxazole rings is 1. The number of rotatable bonds is 5. The number of hydrogen-bond donors (Lipinski definition) is 2. The van der Waals surface area contributed by atoms with Crippen molar-refractivity contribution in [2.45, 2.75) is 19.9 Å². The van der Waals surface area contributed by atoms with Crippen molar-refractivity contribution in [3.05, 3.63) is 40.1 Å². The van der Waals surface area contributed by atoms with Gasteiger partial charge in [0, 0.05) is 6.42 Å². The van der Waals surface area contributed by atoms with Crippen molar-refractivity contribution in [2.24, 2.45) is 0 Å². The number of hydrogen-bond acceptors (Lipinski definition) is 7. The smallest absolute Gasteiger partial charge is 0.276 e. The Labute approximate surface area is 108 Å². The highest BCUT2D eigenvalue weighted by molar-refractivity contribution is 5.52. The zero-order valence-electron chi connectivity index (χ0n) is 10.3. The molecule has 0 aliphatic rings. The Bertz CT molecular complexity index is 596. The second-order valence-electron chi connectivity index (χ2n) is 3.82. The summed E-state index contributed by atoms with van der Waals surface area (Å²) in [5, 5.41) is 13.6. The molecule has 0 saturated heterocycles. The van der Waals surface area contributed by atoms with E-state index in [0.29, 0.717) is 11.7 Å². The lowest BCUT2D eigenvalue weighted by Crippen LogP contribution is -2.04. The maximum absolute atomic E-state index is 10.7. The van der Waals surface area contributed by atoms with Gasteiger partial charge < -0.3 is 15.5 Å². The number of nitrogens with one attached hydrogen (secondary N) is 1. The Morgan fingerprint density at radius 3 is 2.95 bits per heavy atom. The number of aromatic nitrogens is 2. The van der Waals surface area contributed by atoms with Crippen molar-refractivity contribution in [1.82, 2.24) is 9.97 Å². The van der Waals surface area contributed by atoms with Crippen LogP contribution in [-0.4, -0.2) is 14.9 Å². The van der Waals surface area contributed by atoms with Gasteiger partial charge in [-0.3, -0.25) is 10.1 Å². The number of pyridine rings is 1. The second kappa shape index (κ2) is 5.34. The van der Waals surface area contributed by atoms with Crippen LogP contribution in [0.1, 0.15) is 18.6 Å².